The lowest BCUT2D eigenvalue weighted by atomic mass is 10.1. The highest BCUT2D eigenvalue weighted by Crippen LogP contribution is 2.21. The number of hydrogen-bond donors (Lipinski definition) is 3. The summed E-state index contributed by atoms with van der Waals surface area (Å²) in [6.45, 7) is 2.73. The maximum atomic E-state index is 10.8. The molecule has 2 aromatic rings. The Morgan fingerprint density at radius 3 is 2.80 bits per heavy atom. The first-order valence-electron chi connectivity index (χ1n) is 8.42. The summed E-state index contributed by atoms with van der Waals surface area (Å²) in [5, 5.41) is 16.7. The van der Waals surface area contributed by atoms with Gasteiger partial charge in [0.2, 0.25) is 0 Å². The first-order chi connectivity index (χ1) is 12.2. The zero-order valence-corrected chi connectivity index (χ0v) is 15.3. The molecule has 0 aliphatic heterocycles. The number of carbonyl (C=O) groups is 1. The van der Waals surface area contributed by atoms with E-state index in [0.29, 0.717) is 0 Å². The normalized spacial score (nSPS) is 10.6. The van der Waals surface area contributed by atoms with Crippen LogP contribution >= 0.6 is 11.8 Å². The molecule has 5 nitrogen and oxygen atoms in total. The van der Waals surface area contributed by atoms with Gasteiger partial charge in [-0.1, -0.05) is 24.3 Å². The number of thioether (sulfide) groups is 1. The Kier molecular flexibility index (Phi) is 8.28. The van der Waals surface area contributed by atoms with E-state index in [1.165, 1.54) is 5.56 Å². The highest BCUT2D eigenvalue weighted by Gasteiger charge is 2.02. The third kappa shape index (κ3) is 7.15. The van der Waals surface area contributed by atoms with E-state index in [-0.39, 0.29) is 6.42 Å². The summed E-state index contributed by atoms with van der Waals surface area (Å²) in [4.78, 5) is 15.1. The van der Waals surface area contributed by atoms with E-state index < -0.39 is 5.97 Å². The molecule has 0 atom stereocenters. The molecule has 0 radical (unpaired) electrons. The van der Waals surface area contributed by atoms with Crippen LogP contribution in [0.25, 0.3) is 0 Å². The number of pyridine rings is 1. The smallest absolute Gasteiger partial charge is 0.307 e. The van der Waals surface area contributed by atoms with Crippen molar-refractivity contribution in [2.75, 3.05) is 31.2 Å². The Morgan fingerprint density at radius 2 is 2.00 bits per heavy atom. The van der Waals surface area contributed by atoms with Gasteiger partial charge < -0.3 is 15.7 Å². The molecule has 0 unspecified atom stereocenters. The number of carboxylic acids is 1. The van der Waals surface area contributed by atoms with Crippen LogP contribution in [0.15, 0.2) is 47.6 Å². The van der Waals surface area contributed by atoms with Gasteiger partial charge >= 0.3 is 5.97 Å². The topological polar surface area (TPSA) is 74.2 Å². The van der Waals surface area contributed by atoms with Gasteiger partial charge in [0.15, 0.2) is 0 Å². The summed E-state index contributed by atoms with van der Waals surface area (Å²) in [6, 6.07) is 11.8. The van der Waals surface area contributed by atoms with Crippen molar-refractivity contribution < 1.29 is 9.90 Å². The van der Waals surface area contributed by atoms with Gasteiger partial charge in [-0.15, -0.1) is 11.8 Å². The lowest BCUT2D eigenvalue weighted by molar-refractivity contribution is -0.136. The fourth-order valence-corrected chi connectivity index (χ4v) is 3.08. The van der Waals surface area contributed by atoms with Crippen molar-refractivity contribution in [2.45, 2.75) is 24.3 Å². The van der Waals surface area contributed by atoms with E-state index in [2.05, 4.69) is 21.7 Å². The molecular formula is C19H25N3O2S. The Bertz CT molecular complexity index is 679. The van der Waals surface area contributed by atoms with Crippen LogP contribution in [0.3, 0.4) is 0 Å². The molecule has 1 aromatic heterocycles. The third-order valence-corrected chi connectivity index (χ3v) is 4.46. The Hall–Kier alpha value is -2.05. The highest BCUT2D eigenvalue weighted by molar-refractivity contribution is 7.98. The predicted octanol–water partition coefficient (Wildman–Crippen LogP) is 3.06. The van der Waals surface area contributed by atoms with Crippen molar-refractivity contribution in [1.29, 1.82) is 0 Å². The number of carboxylic acid groups (broad SMARTS) is 1. The molecule has 1 heterocycles. The van der Waals surface area contributed by atoms with E-state index in [9.17, 15) is 4.79 Å². The second-order valence-corrected chi connectivity index (χ2v) is 6.53. The van der Waals surface area contributed by atoms with Crippen molar-refractivity contribution in [1.82, 2.24) is 10.3 Å². The van der Waals surface area contributed by atoms with Crippen LogP contribution in [0.4, 0.5) is 5.69 Å². The molecule has 0 fully saturated rings. The lowest BCUT2D eigenvalue weighted by Crippen LogP contribution is -2.20. The van der Waals surface area contributed by atoms with E-state index in [1.807, 2.05) is 42.8 Å². The fourth-order valence-electron chi connectivity index (χ4n) is 2.55. The Balaban J connectivity index is 1.61. The van der Waals surface area contributed by atoms with Crippen LogP contribution < -0.4 is 10.6 Å². The number of nitrogens with one attached hydrogen (secondary N) is 2. The minimum atomic E-state index is -0.791. The van der Waals surface area contributed by atoms with Gasteiger partial charge in [0, 0.05) is 12.7 Å². The van der Waals surface area contributed by atoms with Gasteiger partial charge in [0.1, 0.15) is 5.03 Å². The zero-order chi connectivity index (χ0) is 17.9. The maximum absolute atomic E-state index is 10.8. The fraction of sp³-hybridized carbons (Fsp3) is 0.368. The second-order valence-electron chi connectivity index (χ2n) is 5.73. The molecular weight excluding hydrogens is 334 g/mol. The van der Waals surface area contributed by atoms with Gasteiger partial charge in [0.25, 0.3) is 0 Å². The van der Waals surface area contributed by atoms with Crippen molar-refractivity contribution in [3.05, 3.63) is 53.7 Å². The molecule has 0 saturated heterocycles. The van der Waals surface area contributed by atoms with Crippen molar-refractivity contribution in [2.24, 2.45) is 0 Å². The summed E-state index contributed by atoms with van der Waals surface area (Å²) in [7, 11) is 0. The highest BCUT2D eigenvalue weighted by atomic mass is 32.2. The van der Waals surface area contributed by atoms with Crippen LogP contribution in [-0.2, 0) is 17.6 Å². The molecule has 0 spiro atoms. The van der Waals surface area contributed by atoms with Crippen molar-refractivity contribution in [3.8, 4) is 0 Å². The average molecular weight is 359 g/mol. The second kappa shape index (κ2) is 10.7. The quantitative estimate of drug-likeness (QED) is 0.423. The van der Waals surface area contributed by atoms with Crippen LogP contribution in [0.1, 0.15) is 17.5 Å². The summed E-state index contributed by atoms with van der Waals surface area (Å²) in [6.07, 6.45) is 5.85. The minimum Gasteiger partial charge on any atom is -0.481 e. The molecule has 0 aliphatic rings. The standard InChI is InChI=1S/C19H25N3O2S/c1-25-19-17(7-3-10-22-19)21-11-4-9-20-12-8-15-5-2-6-16(13-15)14-18(23)24/h2-3,5-7,10,13,20-21H,4,8-9,11-12,14H2,1H3,(H,23,24). The summed E-state index contributed by atoms with van der Waals surface area (Å²) in [5.74, 6) is -0.791. The number of aromatic nitrogens is 1. The van der Waals surface area contributed by atoms with E-state index in [1.54, 1.807) is 11.8 Å². The molecule has 0 amide bonds. The third-order valence-electron chi connectivity index (χ3n) is 3.75. The molecule has 25 heavy (non-hydrogen) atoms. The van der Waals surface area contributed by atoms with Crippen LogP contribution in [0.2, 0.25) is 0 Å². The number of hydrogen-bond acceptors (Lipinski definition) is 5. The molecule has 134 valence electrons. The number of benzene rings is 1. The molecule has 2 rings (SSSR count). The van der Waals surface area contributed by atoms with Crippen LogP contribution in [-0.4, -0.2) is 41.9 Å². The summed E-state index contributed by atoms with van der Waals surface area (Å²) in [5.41, 5.74) is 3.12. The maximum Gasteiger partial charge on any atom is 0.307 e. The first-order valence-corrected chi connectivity index (χ1v) is 9.64. The van der Waals surface area contributed by atoms with Crippen molar-refractivity contribution >= 4 is 23.4 Å². The van der Waals surface area contributed by atoms with Gasteiger partial charge in [-0.3, -0.25) is 4.79 Å². The summed E-state index contributed by atoms with van der Waals surface area (Å²) >= 11 is 1.64. The molecule has 6 heteroatoms. The number of rotatable bonds is 11. The molecule has 1 aromatic carbocycles. The van der Waals surface area contributed by atoms with E-state index in [0.717, 1.165) is 48.8 Å². The van der Waals surface area contributed by atoms with Gasteiger partial charge in [-0.05, 0) is 55.4 Å². The van der Waals surface area contributed by atoms with Gasteiger partial charge in [-0.25, -0.2) is 4.98 Å². The monoisotopic (exact) mass is 359 g/mol. The molecule has 0 saturated carbocycles. The lowest BCUT2D eigenvalue weighted by Gasteiger charge is -2.10. The van der Waals surface area contributed by atoms with Crippen molar-refractivity contribution in [3.63, 3.8) is 0 Å². The number of anilines is 1. The summed E-state index contributed by atoms with van der Waals surface area (Å²) < 4.78 is 0. The van der Waals surface area contributed by atoms with Crippen LogP contribution in [0, 0.1) is 0 Å². The Labute approximate surface area is 153 Å². The Morgan fingerprint density at radius 1 is 1.16 bits per heavy atom. The minimum absolute atomic E-state index is 0.0827. The molecule has 0 aliphatic carbocycles. The van der Waals surface area contributed by atoms with Crippen LogP contribution in [0.5, 0.6) is 0 Å². The average Bonchev–Trinajstić information content (AvgIpc) is 2.61. The van der Waals surface area contributed by atoms with Gasteiger partial charge in [-0.2, -0.15) is 0 Å². The number of nitrogens with zero attached hydrogens (tertiary/aromatic N) is 1. The van der Waals surface area contributed by atoms with Gasteiger partial charge in [0.05, 0.1) is 12.1 Å². The first kappa shape index (κ1) is 19.3. The zero-order valence-electron chi connectivity index (χ0n) is 14.5. The SMILES string of the molecule is CSc1ncccc1NCCCNCCc1cccc(CC(=O)O)c1. The molecule has 0 bridgehead atoms. The molecule has 3 N–H and O–H groups in total. The predicted molar refractivity (Wildman–Crippen MR) is 103 cm³/mol. The van der Waals surface area contributed by atoms with E-state index in [4.69, 9.17) is 5.11 Å². The largest absolute Gasteiger partial charge is 0.481 e. The number of aliphatic carboxylic acids is 1. The van der Waals surface area contributed by atoms with E-state index >= 15 is 0 Å².